The van der Waals surface area contributed by atoms with E-state index in [9.17, 15) is 15.0 Å². The summed E-state index contributed by atoms with van der Waals surface area (Å²) in [4.78, 5) is 15.0. The normalized spacial score (nSPS) is 39.5. The third-order valence-electron chi connectivity index (χ3n) is 4.87. The third-order valence-corrected chi connectivity index (χ3v) is 4.87. The Morgan fingerprint density at radius 3 is 2.77 bits per heavy atom. The van der Waals surface area contributed by atoms with E-state index in [-0.39, 0.29) is 24.5 Å². The lowest BCUT2D eigenvalue weighted by molar-refractivity contribution is -0.128. The Morgan fingerprint density at radius 1 is 1.45 bits per heavy atom. The number of carbonyl (C=O) groups is 1. The molecule has 0 aromatic carbocycles. The van der Waals surface area contributed by atoms with Crippen LogP contribution in [-0.4, -0.2) is 76.0 Å². The van der Waals surface area contributed by atoms with Crippen molar-refractivity contribution >= 4 is 5.91 Å². The molecule has 122 valence electrons. The maximum atomic E-state index is 11.5. The molecule has 8 heteroatoms. The van der Waals surface area contributed by atoms with E-state index in [2.05, 4.69) is 29.1 Å². The number of carbonyl (C=O) groups excluding carboxylic acids is 1. The van der Waals surface area contributed by atoms with Gasteiger partial charge in [0.15, 0.2) is 5.66 Å². The van der Waals surface area contributed by atoms with Crippen molar-refractivity contribution in [2.24, 2.45) is 0 Å². The van der Waals surface area contributed by atoms with Crippen LogP contribution < -0.4 is 16.0 Å². The zero-order valence-corrected chi connectivity index (χ0v) is 12.8. The van der Waals surface area contributed by atoms with Crippen LogP contribution in [0.2, 0.25) is 0 Å². The molecule has 3 aliphatic heterocycles. The molecule has 22 heavy (non-hydrogen) atoms. The Labute approximate surface area is 129 Å². The van der Waals surface area contributed by atoms with Crippen molar-refractivity contribution in [1.82, 2.24) is 25.8 Å². The lowest BCUT2D eigenvalue weighted by Gasteiger charge is -2.51. The van der Waals surface area contributed by atoms with Crippen molar-refractivity contribution in [3.05, 3.63) is 24.8 Å². The van der Waals surface area contributed by atoms with E-state index in [1.165, 1.54) is 6.92 Å². The van der Waals surface area contributed by atoms with Crippen LogP contribution in [0.4, 0.5) is 0 Å². The average Bonchev–Trinajstić information content (AvgIpc) is 2.91. The summed E-state index contributed by atoms with van der Waals surface area (Å²) in [6.45, 7) is 10.1. The number of aliphatic hydroxyl groups excluding tert-OH is 2. The molecule has 1 amide bonds. The highest BCUT2D eigenvalue weighted by Gasteiger charge is 2.65. The minimum absolute atomic E-state index is 0.0410. The highest BCUT2D eigenvalue weighted by Crippen LogP contribution is 2.41. The fraction of sp³-hybridized carbons (Fsp3) is 0.643. The van der Waals surface area contributed by atoms with E-state index >= 15 is 0 Å². The van der Waals surface area contributed by atoms with E-state index in [0.29, 0.717) is 18.2 Å². The molecule has 0 bridgehead atoms. The van der Waals surface area contributed by atoms with Crippen LogP contribution in [0.25, 0.3) is 0 Å². The molecule has 3 aliphatic rings. The van der Waals surface area contributed by atoms with Crippen molar-refractivity contribution in [3.63, 3.8) is 0 Å². The van der Waals surface area contributed by atoms with Gasteiger partial charge in [0.25, 0.3) is 0 Å². The minimum Gasteiger partial charge on any atom is -0.388 e. The summed E-state index contributed by atoms with van der Waals surface area (Å²) in [6, 6.07) is -0.441. The van der Waals surface area contributed by atoms with Gasteiger partial charge in [-0.1, -0.05) is 13.2 Å². The summed E-state index contributed by atoms with van der Waals surface area (Å²) in [7, 11) is 1.73. The van der Waals surface area contributed by atoms with E-state index < -0.39 is 17.9 Å². The second kappa shape index (κ2) is 4.79. The Kier molecular flexibility index (Phi) is 3.26. The SMILES string of the molecule is C=C1N[C@H]2[C@H](CN(C)C(C)=O)NC(=C)N3C[C@H](O)[C@H](O)[C@]23N1. The highest BCUT2D eigenvalue weighted by atomic mass is 16.3. The molecule has 0 unspecified atom stereocenters. The van der Waals surface area contributed by atoms with E-state index in [1.807, 2.05) is 4.90 Å². The van der Waals surface area contributed by atoms with Crippen molar-refractivity contribution in [3.8, 4) is 0 Å². The van der Waals surface area contributed by atoms with Crippen LogP contribution in [0.5, 0.6) is 0 Å². The van der Waals surface area contributed by atoms with Gasteiger partial charge in [-0.05, 0) is 0 Å². The van der Waals surface area contributed by atoms with Crippen LogP contribution >= 0.6 is 0 Å². The summed E-state index contributed by atoms with van der Waals surface area (Å²) in [5.74, 6) is 1.15. The van der Waals surface area contributed by atoms with Crippen molar-refractivity contribution in [2.45, 2.75) is 36.9 Å². The number of hydrogen-bond donors (Lipinski definition) is 5. The number of nitrogens with zero attached hydrogens (tertiary/aromatic N) is 2. The lowest BCUT2D eigenvalue weighted by Crippen LogP contribution is -2.75. The van der Waals surface area contributed by atoms with Gasteiger partial charge in [0, 0.05) is 20.5 Å². The van der Waals surface area contributed by atoms with E-state index in [0.717, 1.165) is 0 Å². The highest BCUT2D eigenvalue weighted by molar-refractivity contribution is 5.72. The largest absolute Gasteiger partial charge is 0.388 e. The molecule has 1 spiro atoms. The summed E-state index contributed by atoms with van der Waals surface area (Å²) in [5.41, 5.74) is -0.902. The molecule has 0 radical (unpaired) electrons. The molecule has 0 aromatic heterocycles. The summed E-state index contributed by atoms with van der Waals surface area (Å²) >= 11 is 0. The predicted octanol–water partition coefficient (Wildman–Crippen LogP) is -2.33. The molecule has 3 saturated heterocycles. The lowest BCUT2D eigenvalue weighted by atomic mass is 9.87. The first kappa shape index (κ1) is 15.0. The minimum atomic E-state index is -0.992. The first-order valence-electron chi connectivity index (χ1n) is 7.32. The average molecular weight is 309 g/mol. The molecule has 0 aliphatic carbocycles. The molecule has 3 fully saturated rings. The van der Waals surface area contributed by atoms with Gasteiger partial charge in [-0.3, -0.25) is 4.79 Å². The van der Waals surface area contributed by atoms with Gasteiger partial charge in [-0.25, -0.2) is 0 Å². The Morgan fingerprint density at radius 2 is 2.14 bits per heavy atom. The van der Waals surface area contributed by atoms with Crippen LogP contribution in [0.15, 0.2) is 24.8 Å². The maximum Gasteiger partial charge on any atom is 0.219 e. The van der Waals surface area contributed by atoms with E-state index in [4.69, 9.17) is 0 Å². The van der Waals surface area contributed by atoms with Crippen LogP contribution in [0.3, 0.4) is 0 Å². The summed E-state index contributed by atoms with van der Waals surface area (Å²) in [5, 5.41) is 30.4. The van der Waals surface area contributed by atoms with Gasteiger partial charge in [-0.15, -0.1) is 0 Å². The van der Waals surface area contributed by atoms with Gasteiger partial charge < -0.3 is 36.0 Å². The van der Waals surface area contributed by atoms with Crippen molar-refractivity contribution in [2.75, 3.05) is 20.1 Å². The zero-order chi connectivity index (χ0) is 16.2. The maximum absolute atomic E-state index is 11.5. The van der Waals surface area contributed by atoms with Gasteiger partial charge in [0.05, 0.1) is 30.3 Å². The Balaban J connectivity index is 1.95. The fourth-order valence-corrected chi connectivity index (χ4v) is 3.73. The Bertz CT molecular complexity index is 539. The molecule has 0 saturated carbocycles. The van der Waals surface area contributed by atoms with Crippen LogP contribution in [0, 0.1) is 0 Å². The second-order valence-electron chi connectivity index (χ2n) is 6.27. The van der Waals surface area contributed by atoms with Gasteiger partial charge >= 0.3 is 0 Å². The van der Waals surface area contributed by atoms with Crippen LogP contribution in [0.1, 0.15) is 6.92 Å². The molecular formula is C14H23N5O3. The summed E-state index contributed by atoms with van der Waals surface area (Å²) in [6.07, 6.45) is -1.88. The number of hydrogen-bond acceptors (Lipinski definition) is 7. The zero-order valence-electron chi connectivity index (χ0n) is 12.8. The molecule has 5 atom stereocenters. The predicted molar refractivity (Wildman–Crippen MR) is 80.0 cm³/mol. The number of aliphatic hydroxyl groups is 2. The van der Waals surface area contributed by atoms with Gasteiger partial charge in [0.1, 0.15) is 12.2 Å². The number of nitrogens with one attached hydrogen (secondary N) is 3. The smallest absolute Gasteiger partial charge is 0.219 e. The quantitative estimate of drug-likeness (QED) is 0.390. The van der Waals surface area contributed by atoms with Crippen molar-refractivity contribution in [1.29, 1.82) is 0 Å². The molecule has 0 aromatic rings. The summed E-state index contributed by atoms with van der Waals surface area (Å²) < 4.78 is 0. The topological polar surface area (TPSA) is 100 Å². The third kappa shape index (κ3) is 1.87. The van der Waals surface area contributed by atoms with E-state index in [1.54, 1.807) is 11.9 Å². The second-order valence-corrected chi connectivity index (χ2v) is 6.27. The number of amides is 1. The molecular weight excluding hydrogens is 286 g/mol. The monoisotopic (exact) mass is 309 g/mol. The number of rotatable bonds is 2. The Hall–Kier alpha value is -1.93. The molecule has 3 rings (SSSR count). The fourth-order valence-electron chi connectivity index (χ4n) is 3.73. The molecule has 5 N–H and O–H groups in total. The van der Waals surface area contributed by atoms with Gasteiger partial charge in [-0.2, -0.15) is 0 Å². The standard InChI is InChI=1S/C14H23N5O3/c1-7-15-12-10(5-18(4)9(3)20)16-8(2)19-6-11(21)13(22)14(12,19)17-7/h10-13,15-17,21-22H,1-2,5-6H2,3-4H3/t10-,11-,12-,13-,14-/m0/s1. The number of likely N-dealkylation sites (N-methyl/N-ethyl adjacent to an activating group) is 1. The first-order valence-corrected chi connectivity index (χ1v) is 7.32. The van der Waals surface area contributed by atoms with Crippen molar-refractivity contribution < 1.29 is 15.0 Å². The van der Waals surface area contributed by atoms with Gasteiger partial charge in [0.2, 0.25) is 5.91 Å². The first-order chi connectivity index (χ1) is 10.3. The molecule has 3 heterocycles. The van der Waals surface area contributed by atoms with Crippen LogP contribution in [-0.2, 0) is 4.79 Å². The molecule has 8 nitrogen and oxygen atoms in total.